The van der Waals surface area contributed by atoms with Crippen LogP contribution in [-0.2, 0) is 26.9 Å². The van der Waals surface area contributed by atoms with E-state index in [9.17, 15) is 16.8 Å². The molecule has 0 aromatic carbocycles. The van der Waals surface area contributed by atoms with Crippen LogP contribution in [-0.4, -0.2) is 48.9 Å². The largest absolute Gasteiger partial charge is 0.261 e. The molecular weight excluding hydrogens is 360 g/mol. The maximum absolute atomic E-state index is 12.3. The summed E-state index contributed by atoms with van der Waals surface area (Å²) in [4.78, 5) is 0. The highest BCUT2D eigenvalue weighted by atomic mass is 79.9. The van der Waals surface area contributed by atoms with Gasteiger partial charge >= 0.3 is 0 Å². The van der Waals surface area contributed by atoms with Crippen LogP contribution in [0.3, 0.4) is 0 Å². The van der Waals surface area contributed by atoms with E-state index in [2.05, 4.69) is 31.0 Å². The first kappa shape index (κ1) is 14.9. The van der Waals surface area contributed by atoms with Crippen molar-refractivity contribution in [2.45, 2.75) is 23.9 Å². The highest BCUT2D eigenvalue weighted by molar-refractivity contribution is 9.10. The molecule has 1 fully saturated rings. The molecule has 8 nitrogen and oxygen atoms in total. The summed E-state index contributed by atoms with van der Waals surface area (Å²) in [5.41, 5.74) is -0.999. The van der Waals surface area contributed by atoms with E-state index in [-0.39, 0.29) is 27.6 Å². The van der Waals surface area contributed by atoms with Crippen molar-refractivity contribution < 1.29 is 16.8 Å². The number of sulfone groups is 1. The van der Waals surface area contributed by atoms with Gasteiger partial charge in [-0.15, -0.1) is 5.10 Å². The first-order valence-electron chi connectivity index (χ1n) is 5.34. The molecule has 1 atom stereocenters. The second-order valence-electron chi connectivity index (χ2n) is 4.82. The van der Waals surface area contributed by atoms with Gasteiger partial charge in [0.2, 0.25) is 5.03 Å². The van der Waals surface area contributed by atoms with Crippen molar-refractivity contribution in [3.8, 4) is 0 Å². The summed E-state index contributed by atoms with van der Waals surface area (Å²) in [6.07, 6.45) is 0.247. The summed E-state index contributed by atoms with van der Waals surface area (Å²) >= 11 is 3.01. The highest BCUT2D eigenvalue weighted by Gasteiger charge is 2.42. The monoisotopic (exact) mass is 372 g/mol. The molecule has 1 aromatic heterocycles. The molecule has 0 radical (unpaired) electrons. The zero-order valence-corrected chi connectivity index (χ0v) is 13.5. The van der Waals surface area contributed by atoms with E-state index in [1.54, 1.807) is 6.92 Å². The van der Waals surface area contributed by atoms with Gasteiger partial charge in [-0.1, -0.05) is 5.21 Å². The number of nitrogens with zero attached hydrogens (tertiary/aromatic N) is 3. The number of aromatic nitrogens is 3. The number of halogens is 1. The molecule has 2 heterocycles. The molecular formula is C8H13BrN4O4S2. The summed E-state index contributed by atoms with van der Waals surface area (Å²) in [5, 5.41) is 7.06. The Morgan fingerprint density at radius 2 is 2.11 bits per heavy atom. The lowest BCUT2D eigenvalue weighted by Gasteiger charge is -2.23. The van der Waals surface area contributed by atoms with Crippen LogP contribution in [0.1, 0.15) is 13.3 Å². The topological polar surface area (TPSA) is 111 Å². The van der Waals surface area contributed by atoms with Crippen LogP contribution in [0.5, 0.6) is 0 Å². The van der Waals surface area contributed by atoms with Crippen molar-refractivity contribution >= 4 is 35.8 Å². The first-order valence-corrected chi connectivity index (χ1v) is 9.44. The maximum Gasteiger partial charge on any atom is 0.261 e. The second-order valence-corrected chi connectivity index (χ2v) is 9.35. The van der Waals surface area contributed by atoms with E-state index in [1.807, 2.05) is 0 Å². The van der Waals surface area contributed by atoms with Crippen molar-refractivity contribution in [2.75, 3.05) is 11.5 Å². The average molecular weight is 373 g/mol. The van der Waals surface area contributed by atoms with Gasteiger partial charge in [-0.3, -0.25) is 0 Å². The summed E-state index contributed by atoms with van der Waals surface area (Å²) in [6, 6.07) is 0. The summed E-state index contributed by atoms with van der Waals surface area (Å²) in [7, 11) is -5.64. The lowest BCUT2D eigenvalue weighted by atomic mass is 10.0. The molecule has 1 aliphatic heterocycles. The van der Waals surface area contributed by atoms with Crippen LogP contribution in [0.4, 0.5) is 0 Å². The minimum atomic E-state index is -3.89. The van der Waals surface area contributed by atoms with Crippen LogP contribution in [0, 0.1) is 0 Å². The molecule has 0 amide bonds. The molecule has 1 aliphatic rings. The molecule has 0 saturated carbocycles. The number of nitrogens with one attached hydrogen (secondary N) is 1. The zero-order valence-electron chi connectivity index (χ0n) is 10.3. The van der Waals surface area contributed by atoms with E-state index < -0.39 is 25.4 Å². The van der Waals surface area contributed by atoms with Gasteiger partial charge in [-0.05, 0) is 29.3 Å². The van der Waals surface area contributed by atoms with Gasteiger partial charge in [0.1, 0.15) is 0 Å². The fourth-order valence-corrected chi connectivity index (χ4v) is 6.79. The van der Waals surface area contributed by atoms with Gasteiger partial charge in [0, 0.05) is 12.6 Å². The van der Waals surface area contributed by atoms with Crippen LogP contribution >= 0.6 is 15.9 Å². The van der Waals surface area contributed by atoms with E-state index in [0.717, 1.165) is 4.68 Å². The molecule has 11 heteroatoms. The number of aryl methyl sites for hydroxylation is 1. The predicted molar refractivity (Wildman–Crippen MR) is 70.7 cm³/mol. The lowest BCUT2D eigenvalue weighted by Crippen LogP contribution is -2.47. The molecule has 0 aliphatic carbocycles. The second kappa shape index (κ2) is 4.50. The van der Waals surface area contributed by atoms with Gasteiger partial charge in [0.15, 0.2) is 14.4 Å². The Kier molecular flexibility index (Phi) is 3.52. The smallest absolute Gasteiger partial charge is 0.235 e. The van der Waals surface area contributed by atoms with E-state index >= 15 is 0 Å². The van der Waals surface area contributed by atoms with Crippen LogP contribution < -0.4 is 4.72 Å². The SMILES string of the molecule is Cn1nnc(Br)c1S(=O)(=O)NC1(C)CCS(=O)(=O)C1. The van der Waals surface area contributed by atoms with E-state index in [1.165, 1.54) is 7.05 Å². The van der Waals surface area contributed by atoms with Crippen molar-refractivity contribution in [3.63, 3.8) is 0 Å². The summed E-state index contributed by atoms with van der Waals surface area (Å²) < 4.78 is 51.1. The molecule has 1 N–H and O–H groups in total. The molecule has 1 unspecified atom stereocenters. The molecule has 1 saturated heterocycles. The standard InChI is InChI=1S/C8H13BrN4O4S2/c1-8(3-4-18(14,15)5-8)11-19(16,17)7-6(9)10-12-13(7)2/h11H,3-5H2,1-2H3. The number of hydrogen-bond acceptors (Lipinski definition) is 6. The van der Waals surface area contributed by atoms with Gasteiger partial charge in [-0.25, -0.2) is 26.2 Å². The zero-order chi connectivity index (χ0) is 14.5. The van der Waals surface area contributed by atoms with Crippen molar-refractivity contribution in [2.24, 2.45) is 7.05 Å². The van der Waals surface area contributed by atoms with Crippen molar-refractivity contribution in [1.82, 2.24) is 19.7 Å². The van der Waals surface area contributed by atoms with Gasteiger partial charge in [0.25, 0.3) is 10.0 Å². The minimum absolute atomic E-state index is 0.0170. The Morgan fingerprint density at radius 1 is 1.47 bits per heavy atom. The molecule has 108 valence electrons. The summed E-state index contributed by atoms with van der Waals surface area (Å²) in [6.45, 7) is 1.58. The normalized spacial score (nSPS) is 26.7. The molecule has 2 rings (SSSR count). The number of rotatable bonds is 3. The van der Waals surface area contributed by atoms with Gasteiger partial charge in [-0.2, -0.15) is 0 Å². The fourth-order valence-electron chi connectivity index (χ4n) is 2.07. The highest BCUT2D eigenvalue weighted by Crippen LogP contribution is 2.26. The Hall–Kier alpha value is -0.520. The quantitative estimate of drug-likeness (QED) is 0.760. The Balaban J connectivity index is 2.34. The van der Waals surface area contributed by atoms with Crippen LogP contribution in [0.15, 0.2) is 9.63 Å². The Morgan fingerprint density at radius 3 is 2.53 bits per heavy atom. The number of hydrogen-bond donors (Lipinski definition) is 1. The molecule has 1 aromatic rings. The summed E-state index contributed by atoms with van der Waals surface area (Å²) in [5.74, 6) is -0.223. The third-order valence-corrected chi connectivity index (χ3v) is 7.30. The van der Waals surface area contributed by atoms with E-state index in [0.29, 0.717) is 0 Å². The van der Waals surface area contributed by atoms with Crippen LogP contribution in [0.25, 0.3) is 0 Å². The van der Waals surface area contributed by atoms with Crippen molar-refractivity contribution in [1.29, 1.82) is 0 Å². The third-order valence-electron chi connectivity index (χ3n) is 2.88. The average Bonchev–Trinajstić information content (AvgIpc) is 2.66. The molecule has 0 spiro atoms. The predicted octanol–water partition coefficient (Wildman–Crippen LogP) is -0.567. The van der Waals surface area contributed by atoms with E-state index in [4.69, 9.17) is 0 Å². The van der Waals surface area contributed by atoms with Crippen molar-refractivity contribution in [3.05, 3.63) is 4.60 Å². The first-order chi connectivity index (χ1) is 8.55. The number of sulfonamides is 1. The minimum Gasteiger partial charge on any atom is -0.235 e. The molecule has 19 heavy (non-hydrogen) atoms. The van der Waals surface area contributed by atoms with Crippen LogP contribution in [0.2, 0.25) is 0 Å². The van der Waals surface area contributed by atoms with Gasteiger partial charge < -0.3 is 0 Å². The third kappa shape index (κ3) is 2.98. The van der Waals surface area contributed by atoms with Gasteiger partial charge in [0.05, 0.1) is 11.5 Å². The molecule has 0 bridgehead atoms. The maximum atomic E-state index is 12.3. The fraction of sp³-hybridized carbons (Fsp3) is 0.750. The Labute approximate surface area is 119 Å². The lowest BCUT2D eigenvalue weighted by molar-refractivity contribution is 0.457. The Bertz CT molecular complexity index is 692.